The Hall–Kier alpha value is 0.1000. The van der Waals surface area contributed by atoms with Crippen molar-refractivity contribution in [3.8, 4) is 0 Å². The SMILES string of the molecule is OCCNCc1ccc(Br)c(Br)c1. The Bertz CT molecular complexity index is 278. The number of aliphatic hydroxyl groups excluding tert-OH is 1. The van der Waals surface area contributed by atoms with Crippen molar-refractivity contribution in [3.63, 3.8) is 0 Å². The fourth-order valence-electron chi connectivity index (χ4n) is 0.961. The third-order valence-corrected chi connectivity index (χ3v) is 3.48. The molecule has 0 fully saturated rings. The van der Waals surface area contributed by atoms with Crippen LogP contribution in [0, 0.1) is 0 Å². The van der Waals surface area contributed by atoms with Gasteiger partial charge >= 0.3 is 0 Å². The molecule has 13 heavy (non-hydrogen) atoms. The summed E-state index contributed by atoms with van der Waals surface area (Å²) in [5, 5.41) is 11.7. The Kier molecular flexibility index (Phi) is 4.94. The van der Waals surface area contributed by atoms with Crippen molar-refractivity contribution < 1.29 is 5.11 Å². The highest BCUT2D eigenvalue weighted by Crippen LogP contribution is 2.23. The fourth-order valence-corrected chi connectivity index (χ4v) is 1.63. The van der Waals surface area contributed by atoms with Crippen LogP contribution >= 0.6 is 31.9 Å². The van der Waals surface area contributed by atoms with Crippen molar-refractivity contribution in [3.05, 3.63) is 32.7 Å². The van der Waals surface area contributed by atoms with Gasteiger partial charge in [-0.3, -0.25) is 0 Å². The summed E-state index contributed by atoms with van der Waals surface area (Å²) in [6, 6.07) is 6.09. The summed E-state index contributed by atoms with van der Waals surface area (Å²) in [4.78, 5) is 0. The molecule has 0 aliphatic heterocycles. The minimum absolute atomic E-state index is 0.178. The summed E-state index contributed by atoms with van der Waals surface area (Å²) in [6.45, 7) is 1.60. The summed E-state index contributed by atoms with van der Waals surface area (Å²) in [7, 11) is 0. The predicted molar refractivity (Wildman–Crippen MR) is 60.6 cm³/mol. The van der Waals surface area contributed by atoms with E-state index in [4.69, 9.17) is 5.11 Å². The maximum Gasteiger partial charge on any atom is 0.0556 e. The second-order valence-electron chi connectivity index (χ2n) is 2.65. The number of hydrogen-bond acceptors (Lipinski definition) is 2. The molecule has 0 radical (unpaired) electrons. The first-order valence-corrected chi connectivity index (χ1v) is 5.58. The Morgan fingerprint density at radius 2 is 2.00 bits per heavy atom. The minimum Gasteiger partial charge on any atom is -0.395 e. The third kappa shape index (κ3) is 3.77. The number of benzene rings is 1. The Labute approximate surface area is 94.6 Å². The second kappa shape index (κ2) is 5.75. The summed E-state index contributed by atoms with van der Waals surface area (Å²) in [5.41, 5.74) is 1.20. The number of aliphatic hydroxyl groups is 1. The molecule has 0 atom stereocenters. The number of hydrogen-bond donors (Lipinski definition) is 2. The highest BCUT2D eigenvalue weighted by molar-refractivity contribution is 9.13. The molecule has 0 spiro atoms. The van der Waals surface area contributed by atoms with Gasteiger partial charge in [-0.25, -0.2) is 0 Å². The van der Waals surface area contributed by atoms with Gasteiger partial charge in [0.1, 0.15) is 0 Å². The van der Waals surface area contributed by atoms with Crippen LogP contribution in [0.25, 0.3) is 0 Å². The standard InChI is InChI=1S/C9H11Br2NO/c10-8-2-1-7(5-9(8)11)6-12-3-4-13/h1-2,5,12-13H,3-4,6H2. The Balaban J connectivity index is 2.53. The summed E-state index contributed by atoms with van der Waals surface area (Å²) in [6.07, 6.45) is 0. The summed E-state index contributed by atoms with van der Waals surface area (Å²) >= 11 is 6.83. The van der Waals surface area contributed by atoms with Crippen molar-refractivity contribution in [1.29, 1.82) is 0 Å². The van der Waals surface area contributed by atoms with Crippen LogP contribution in [0.2, 0.25) is 0 Å². The smallest absolute Gasteiger partial charge is 0.0556 e. The summed E-state index contributed by atoms with van der Waals surface area (Å²) in [5.74, 6) is 0. The molecule has 0 saturated heterocycles. The average molecular weight is 309 g/mol. The third-order valence-electron chi connectivity index (χ3n) is 1.60. The molecule has 1 aromatic carbocycles. The molecule has 0 amide bonds. The molecule has 1 rings (SSSR count). The van der Waals surface area contributed by atoms with E-state index in [1.165, 1.54) is 5.56 Å². The van der Waals surface area contributed by atoms with E-state index < -0.39 is 0 Å². The van der Waals surface area contributed by atoms with Gasteiger partial charge in [-0.2, -0.15) is 0 Å². The van der Waals surface area contributed by atoms with E-state index in [0.29, 0.717) is 6.54 Å². The van der Waals surface area contributed by atoms with E-state index in [2.05, 4.69) is 43.2 Å². The van der Waals surface area contributed by atoms with Crippen LogP contribution in [0.4, 0.5) is 0 Å². The largest absolute Gasteiger partial charge is 0.395 e. The van der Waals surface area contributed by atoms with Gasteiger partial charge in [-0.1, -0.05) is 6.07 Å². The van der Waals surface area contributed by atoms with Crippen LogP contribution in [-0.2, 0) is 6.54 Å². The van der Waals surface area contributed by atoms with E-state index in [9.17, 15) is 0 Å². The highest BCUT2D eigenvalue weighted by atomic mass is 79.9. The fraction of sp³-hybridized carbons (Fsp3) is 0.333. The zero-order valence-corrected chi connectivity index (χ0v) is 10.2. The normalized spacial score (nSPS) is 10.4. The van der Waals surface area contributed by atoms with Crippen molar-refractivity contribution in [2.45, 2.75) is 6.54 Å². The number of nitrogens with one attached hydrogen (secondary N) is 1. The molecule has 0 aliphatic carbocycles. The van der Waals surface area contributed by atoms with Gasteiger partial charge in [0.2, 0.25) is 0 Å². The maximum atomic E-state index is 8.56. The lowest BCUT2D eigenvalue weighted by Crippen LogP contribution is -2.17. The highest BCUT2D eigenvalue weighted by Gasteiger charge is 1.97. The van der Waals surface area contributed by atoms with Crippen molar-refractivity contribution in [2.24, 2.45) is 0 Å². The number of rotatable bonds is 4. The van der Waals surface area contributed by atoms with Gasteiger partial charge in [-0.05, 0) is 49.6 Å². The lowest BCUT2D eigenvalue weighted by Gasteiger charge is -2.04. The van der Waals surface area contributed by atoms with E-state index in [-0.39, 0.29) is 6.61 Å². The first kappa shape index (κ1) is 11.2. The summed E-state index contributed by atoms with van der Waals surface area (Å²) < 4.78 is 2.11. The minimum atomic E-state index is 0.178. The molecule has 0 aliphatic rings. The first-order valence-electron chi connectivity index (χ1n) is 3.99. The Morgan fingerprint density at radius 3 is 2.62 bits per heavy atom. The zero-order chi connectivity index (χ0) is 9.68. The molecular weight excluding hydrogens is 298 g/mol. The Morgan fingerprint density at radius 1 is 1.23 bits per heavy atom. The maximum absolute atomic E-state index is 8.56. The van der Waals surface area contributed by atoms with Crippen LogP contribution in [0.5, 0.6) is 0 Å². The van der Waals surface area contributed by atoms with E-state index in [1.54, 1.807) is 0 Å². The van der Waals surface area contributed by atoms with Crippen molar-refractivity contribution in [1.82, 2.24) is 5.32 Å². The molecule has 0 aromatic heterocycles. The van der Waals surface area contributed by atoms with Gasteiger partial charge in [0.25, 0.3) is 0 Å². The van der Waals surface area contributed by atoms with Crippen LogP contribution in [-0.4, -0.2) is 18.3 Å². The lowest BCUT2D eigenvalue weighted by molar-refractivity contribution is 0.292. The zero-order valence-electron chi connectivity index (χ0n) is 7.06. The molecule has 2 N–H and O–H groups in total. The van der Waals surface area contributed by atoms with Crippen LogP contribution in [0.1, 0.15) is 5.56 Å². The first-order chi connectivity index (χ1) is 6.24. The monoisotopic (exact) mass is 307 g/mol. The van der Waals surface area contributed by atoms with Gasteiger partial charge in [0.05, 0.1) is 6.61 Å². The lowest BCUT2D eigenvalue weighted by atomic mass is 10.2. The van der Waals surface area contributed by atoms with Crippen LogP contribution in [0.15, 0.2) is 27.1 Å². The average Bonchev–Trinajstić information content (AvgIpc) is 2.12. The van der Waals surface area contributed by atoms with Gasteiger partial charge in [0.15, 0.2) is 0 Å². The topological polar surface area (TPSA) is 32.3 Å². The van der Waals surface area contributed by atoms with Gasteiger partial charge < -0.3 is 10.4 Å². The van der Waals surface area contributed by atoms with Crippen molar-refractivity contribution in [2.75, 3.05) is 13.2 Å². The predicted octanol–water partition coefficient (Wildman–Crippen LogP) is 2.29. The van der Waals surface area contributed by atoms with Gasteiger partial charge in [0, 0.05) is 22.0 Å². The second-order valence-corrected chi connectivity index (χ2v) is 4.36. The van der Waals surface area contributed by atoms with Crippen molar-refractivity contribution >= 4 is 31.9 Å². The number of halogens is 2. The molecule has 0 heterocycles. The quantitative estimate of drug-likeness (QED) is 0.837. The van der Waals surface area contributed by atoms with E-state index >= 15 is 0 Å². The van der Waals surface area contributed by atoms with E-state index in [0.717, 1.165) is 15.5 Å². The molecular formula is C9H11Br2NO. The van der Waals surface area contributed by atoms with Crippen LogP contribution in [0.3, 0.4) is 0 Å². The van der Waals surface area contributed by atoms with E-state index in [1.807, 2.05) is 12.1 Å². The molecule has 4 heteroatoms. The molecule has 1 aromatic rings. The molecule has 72 valence electrons. The van der Waals surface area contributed by atoms with Crippen LogP contribution < -0.4 is 5.32 Å². The molecule has 0 saturated carbocycles. The molecule has 0 unspecified atom stereocenters. The molecule has 0 bridgehead atoms. The molecule has 2 nitrogen and oxygen atoms in total. The van der Waals surface area contributed by atoms with Gasteiger partial charge in [-0.15, -0.1) is 0 Å².